The number of hydrogen-bond donors (Lipinski definition) is 3. The molecule has 96 valence electrons. The molecular weight excluding hydrogens is 208 g/mol. The maximum Gasteiger partial charge on any atom is 0.236 e. The van der Waals surface area contributed by atoms with E-state index in [9.17, 15) is 9.90 Å². The summed E-state index contributed by atoms with van der Waals surface area (Å²) in [6, 6.07) is -0.325. The number of aliphatic hydroxyl groups excluding tert-OH is 1. The fraction of sp³-hybridized carbons (Fsp3) is 0.909. The zero-order valence-electron chi connectivity index (χ0n) is 10.7. The Morgan fingerprint density at radius 1 is 1.56 bits per heavy atom. The molecule has 0 saturated carbocycles. The van der Waals surface area contributed by atoms with Crippen LogP contribution in [0.2, 0.25) is 0 Å². The van der Waals surface area contributed by atoms with E-state index in [2.05, 4.69) is 10.6 Å². The fourth-order valence-electron chi connectivity index (χ4n) is 1.28. The van der Waals surface area contributed by atoms with Crippen molar-refractivity contribution < 1.29 is 14.6 Å². The van der Waals surface area contributed by atoms with Crippen molar-refractivity contribution in [2.45, 2.75) is 38.8 Å². The van der Waals surface area contributed by atoms with Crippen molar-refractivity contribution in [2.24, 2.45) is 0 Å². The molecule has 16 heavy (non-hydrogen) atoms. The largest absolute Gasteiger partial charge is 0.394 e. The molecule has 3 N–H and O–H groups in total. The van der Waals surface area contributed by atoms with Crippen LogP contribution in [0.4, 0.5) is 0 Å². The molecule has 2 atom stereocenters. The number of rotatable bonds is 8. The molecular formula is C11H24N2O3. The number of amides is 1. The molecule has 1 amide bonds. The van der Waals surface area contributed by atoms with E-state index in [0.717, 1.165) is 6.42 Å². The second-order valence-electron chi connectivity index (χ2n) is 4.22. The molecule has 2 unspecified atom stereocenters. The molecule has 0 aromatic heterocycles. The number of ether oxygens (including phenoxy) is 1. The van der Waals surface area contributed by atoms with Crippen LogP contribution in [0.25, 0.3) is 0 Å². The van der Waals surface area contributed by atoms with Gasteiger partial charge in [0.1, 0.15) is 0 Å². The Bertz CT molecular complexity index is 205. The lowest BCUT2D eigenvalue weighted by Crippen LogP contribution is -2.54. The van der Waals surface area contributed by atoms with Crippen molar-refractivity contribution in [2.75, 3.05) is 26.9 Å². The summed E-state index contributed by atoms with van der Waals surface area (Å²) in [5.74, 6) is -0.0785. The average Bonchev–Trinajstić information content (AvgIpc) is 2.29. The van der Waals surface area contributed by atoms with Crippen molar-refractivity contribution in [1.82, 2.24) is 10.6 Å². The van der Waals surface area contributed by atoms with Gasteiger partial charge in [0, 0.05) is 19.2 Å². The highest BCUT2D eigenvalue weighted by Gasteiger charge is 2.25. The molecule has 0 aliphatic rings. The van der Waals surface area contributed by atoms with Gasteiger partial charge in [0.15, 0.2) is 0 Å². The van der Waals surface area contributed by atoms with Crippen LogP contribution in [0.5, 0.6) is 0 Å². The summed E-state index contributed by atoms with van der Waals surface area (Å²) in [6.45, 7) is 6.67. The molecule has 5 heteroatoms. The highest BCUT2D eigenvalue weighted by Crippen LogP contribution is 2.08. The molecule has 0 radical (unpaired) electrons. The van der Waals surface area contributed by atoms with Crippen molar-refractivity contribution in [1.29, 1.82) is 0 Å². The van der Waals surface area contributed by atoms with E-state index in [0.29, 0.717) is 13.2 Å². The number of methoxy groups -OCH3 is 1. The van der Waals surface area contributed by atoms with Gasteiger partial charge in [-0.2, -0.15) is 0 Å². The maximum atomic E-state index is 11.6. The summed E-state index contributed by atoms with van der Waals surface area (Å²) in [4.78, 5) is 11.6. The Kier molecular flexibility index (Phi) is 7.29. The fourth-order valence-corrected chi connectivity index (χ4v) is 1.28. The quantitative estimate of drug-likeness (QED) is 0.511. The van der Waals surface area contributed by atoms with Crippen LogP contribution in [-0.4, -0.2) is 49.5 Å². The summed E-state index contributed by atoms with van der Waals surface area (Å²) in [5.41, 5.74) is -0.405. The highest BCUT2D eigenvalue weighted by molar-refractivity contribution is 5.81. The summed E-state index contributed by atoms with van der Waals surface area (Å²) >= 11 is 0. The number of carbonyl (C=O) groups is 1. The molecule has 0 rings (SSSR count). The summed E-state index contributed by atoms with van der Waals surface area (Å²) in [7, 11) is 1.59. The lowest BCUT2D eigenvalue weighted by atomic mass is 9.99. The summed E-state index contributed by atoms with van der Waals surface area (Å²) < 4.78 is 4.84. The first-order chi connectivity index (χ1) is 7.49. The Morgan fingerprint density at radius 2 is 2.19 bits per heavy atom. The molecule has 0 aromatic carbocycles. The van der Waals surface area contributed by atoms with Crippen molar-refractivity contribution in [3.8, 4) is 0 Å². The van der Waals surface area contributed by atoms with E-state index in [-0.39, 0.29) is 18.6 Å². The number of hydrogen-bond acceptors (Lipinski definition) is 4. The Morgan fingerprint density at radius 3 is 2.62 bits per heavy atom. The SMILES string of the molecule is CCC(C)(CO)NC(C)C(=O)NCCOC. The molecule has 5 nitrogen and oxygen atoms in total. The first kappa shape index (κ1) is 15.3. The van der Waals surface area contributed by atoms with E-state index in [1.807, 2.05) is 13.8 Å². The summed E-state index contributed by atoms with van der Waals surface area (Å²) in [6.07, 6.45) is 0.763. The molecule has 0 spiro atoms. The Labute approximate surface area is 97.6 Å². The minimum absolute atomic E-state index is 0.0131. The second kappa shape index (κ2) is 7.60. The normalized spacial score (nSPS) is 16.6. The van der Waals surface area contributed by atoms with Crippen LogP contribution < -0.4 is 10.6 Å². The third kappa shape index (κ3) is 5.44. The van der Waals surface area contributed by atoms with E-state index in [4.69, 9.17) is 4.74 Å². The Hall–Kier alpha value is -0.650. The smallest absolute Gasteiger partial charge is 0.236 e. The topological polar surface area (TPSA) is 70.6 Å². The average molecular weight is 232 g/mol. The first-order valence-electron chi connectivity index (χ1n) is 5.64. The third-order valence-corrected chi connectivity index (χ3v) is 2.69. The molecule has 0 fully saturated rings. The van der Waals surface area contributed by atoms with Gasteiger partial charge < -0.3 is 15.2 Å². The van der Waals surface area contributed by atoms with Crippen LogP contribution >= 0.6 is 0 Å². The molecule has 0 aliphatic heterocycles. The number of aliphatic hydroxyl groups is 1. The highest BCUT2D eigenvalue weighted by atomic mass is 16.5. The number of nitrogens with one attached hydrogen (secondary N) is 2. The molecule has 0 saturated heterocycles. The maximum absolute atomic E-state index is 11.6. The summed E-state index contributed by atoms with van der Waals surface area (Å²) in [5, 5.41) is 15.1. The van der Waals surface area contributed by atoms with Crippen LogP contribution in [0, 0.1) is 0 Å². The lowest BCUT2D eigenvalue weighted by Gasteiger charge is -2.30. The minimum atomic E-state index is -0.405. The van der Waals surface area contributed by atoms with Gasteiger partial charge >= 0.3 is 0 Å². The van der Waals surface area contributed by atoms with Crippen molar-refractivity contribution in [3.05, 3.63) is 0 Å². The van der Waals surface area contributed by atoms with Crippen LogP contribution in [0.15, 0.2) is 0 Å². The van der Waals surface area contributed by atoms with E-state index in [1.165, 1.54) is 0 Å². The standard InChI is InChI=1S/C11H24N2O3/c1-5-11(3,8-14)13-9(2)10(15)12-6-7-16-4/h9,13-14H,5-8H2,1-4H3,(H,12,15). The van der Waals surface area contributed by atoms with Crippen LogP contribution in [0.3, 0.4) is 0 Å². The zero-order chi connectivity index (χ0) is 12.6. The third-order valence-electron chi connectivity index (χ3n) is 2.69. The van der Waals surface area contributed by atoms with Gasteiger partial charge in [0.2, 0.25) is 5.91 Å². The molecule has 0 aliphatic carbocycles. The van der Waals surface area contributed by atoms with Crippen molar-refractivity contribution >= 4 is 5.91 Å². The van der Waals surface area contributed by atoms with E-state index >= 15 is 0 Å². The van der Waals surface area contributed by atoms with Gasteiger partial charge in [-0.25, -0.2) is 0 Å². The molecule has 0 bridgehead atoms. The molecule has 0 aromatic rings. The van der Waals surface area contributed by atoms with E-state index in [1.54, 1.807) is 14.0 Å². The van der Waals surface area contributed by atoms with Crippen LogP contribution in [-0.2, 0) is 9.53 Å². The van der Waals surface area contributed by atoms with E-state index < -0.39 is 5.54 Å². The van der Waals surface area contributed by atoms with Gasteiger partial charge in [0.05, 0.1) is 19.3 Å². The van der Waals surface area contributed by atoms with Gasteiger partial charge in [-0.3, -0.25) is 10.1 Å². The predicted molar refractivity (Wildman–Crippen MR) is 63.3 cm³/mol. The molecule has 0 heterocycles. The number of carbonyl (C=O) groups excluding carboxylic acids is 1. The Balaban J connectivity index is 4.03. The van der Waals surface area contributed by atoms with Crippen LogP contribution in [0.1, 0.15) is 27.2 Å². The monoisotopic (exact) mass is 232 g/mol. The van der Waals surface area contributed by atoms with Crippen molar-refractivity contribution in [3.63, 3.8) is 0 Å². The predicted octanol–water partition coefficient (Wildman–Crippen LogP) is -0.112. The van der Waals surface area contributed by atoms with Gasteiger partial charge in [-0.1, -0.05) is 6.92 Å². The lowest BCUT2D eigenvalue weighted by molar-refractivity contribution is -0.123. The second-order valence-corrected chi connectivity index (χ2v) is 4.22. The zero-order valence-corrected chi connectivity index (χ0v) is 10.7. The minimum Gasteiger partial charge on any atom is -0.394 e. The van der Waals surface area contributed by atoms with Gasteiger partial charge in [-0.05, 0) is 20.3 Å². The van der Waals surface area contributed by atoms with Gasteiger partial charge in [0.25, 0.3) is 0 Å². The van der Waals surface area contributed by atoms with Gasteiger partial charge in [-0.15, -0.1) is 0 Å². The first-order valence-corrected chi connectivity index (χ1v) is 5.64.